The van der Waals surface area contributed by atoms with Crippen molar-refractivity contribution < 1.29 is 0 Å². The first kappa shape index (κ1) is 33.4. The molecule has 0 amide bonds. The Morgan fingerprint density at radius 2 is 0.754 bits per heavy atom. The van der Waals surface area contributed by atoms with E-state index in [1.807, 2.05) is 23.5 Å². The molecule has 11 rings (SSSR count). The first-order valence-corrected chi connectivity index (χ1v) is 20.6. The average Bonchev–Trinajstić information content (AvgIpc) is 3.85. The second-order valence-electron chi connectivity index (χ2n) is 14.1. The van der Waals surface area contributed by atoms with Crippen molar-refractivity contribution in [1.82, 2.24) is 15.0 Å². The number of aromatic nitrogens is 3. The van der Waals surface area contributed by atoms with E-state index in [1.54, 1.807) is 11.3 Å². The number of nitrogens with zero attached hydrogens (tertiary/aromatic N) is 4. The van der Waals surface area contributed by atoms with Crippen LogP contribution in [0.15, 0.2) is 194 Å². The van der Waals surface area contributed by atoms with Gasteiger partial charge in [-0.15, -0.1) is 22.7 Å². The molecule has 0 aliphatic carbocycles. The quantitative estimate of drug-likeness (QED) is 0.162. The smallest absolute Gasteiger partial charge is 0.238 e. The van der Waals surface area contributed by atoms with Crippen molar-refractivity contribution in [1.29, 1.82) is 0 Å². The van der Waals surface area contributed by atoms with Gasteiger partial charge in [0.05, 0.1) is 5.69 Å². The second-order valence-corrected chi connectivity index (χ2v) is 16.2. The van der Waals surface area contributed by atoms with E-state index in [-0.39, 0.29) is 0 Å². The first-order chi connectivity index (χ1) is 28.2. The number of hydrogen-bond donors (Lipinski definition) is 0. The van der Waals surface area contributed by atoms with Crippen LogP contribution < -0.4 is 4.90 Å². The summed E-state index contributed by atoms with van der Waals surface area (Å²) >= 11 is 3.62. The normalized spacial score (nSPS) is 11.5. The Morgan fingerprint density at radius 3 is 1.42 bits per heavy atom. The molecule has 0 N–H and O–H groups in total. The topological polar surface area (TPSA) is 41.9 Å². The molecule has 4 nitrogen and oxygen atoms in total. The highest BCUT2D eigenvalue weighted by molar-refractivity contribution is 7.26. The van der Waals surface area contributed by atoms with Crippen molar-refractivity contribution in [3.05, 3.63) is 194 Å². The zero-order chi connectivity index (χ0) is 37.7. The fourth-order valence-electron chi connectivity index (χ4n) is 7.70. The summed E-state index contributed by atoms with van der Waals surface area (Å²) in [6.45, 7) is 0. The van der Waals surface area contributed by atoms with Gasteiger partial charge in [0, 0.05) is 57.2 Å². The van der Waals surface area contributed by atoms with Gasteiger partial charge in [-0.3, -0.25) is 4.90 Å². The van der Waals surface area contributed by atoms with Crippen LogP contribution in [0, 0.1) is 0 Å². The lowest BCUT2D eigenvalue weighted by Crippen LogP contribution is -2.15. The highest BCUT2D eigenvalue weighted by Crippen LogP contribution is 2.42. The summed E-state index contributed by atoms with van der Waals surface area (Å²) in [5.74, 6) is 1.78. The maximum Gasteiger partial charge on any atom is 0.238 e. The molecule has 0 aliphatic rings. The molecule has 0 saturated heterocycles. The molecule has 6 heteroatoms. The van der Waals surface area contributed by atoms with E-state index in [4.69, 9.17) is 15.0 Å². The van der Waals surface area contributed by atoms with Gasteiger partial charge in [0.1, 0.15) is 0 Å². The van der Waals surface area contributed by atoms with Crippen LogP contribution in [0.2, 0.25) is 0 Å². The monoisotopic (exact) mass is 764 g/mol. The molecule has 3 heterocycles. The van der Waals surface area contributed by atoms with E-state index in [0.29, 0.717) is 17.6 Å². The van der Waals surface area contributed by atoms with Crippen molar-refractivity contribution in [3.8, 4) is 45.0 Å². The van der Waals surface area contributed by atoms with Gasteiger partial charge < -0.3 is 0 Å². The Kier molecular flexibility index (Phi) is 8.16. The summed E-state index contributed by atoms with van der Waals surface area (Å²) in [5.41, 5.74) is 8.41. The van der Waals surface area contributed by atoms with Crippen LogP contribution in [0.1, 0.15) is 0 Å². The highest BCUT2D eigenvalue weighted by Gasteiger charge is 2.21. The number of anilines is 3. The van der Waals surface area contributed by atoms with Crippen molar-refractivity contribution >= 4 is 80.3 Å². The van der Waals surface area contributed by atoms with E-state index >= 15 is 0 Å². The third-order valence-electron chi connectivity index (χ3n) is 10.6. The van der Waals surface area contributed by atoms with Crippen LogP contribution in [0.4, 0.5) is 17.3 Å². The van der Waals surface area contributed by atoms with Gasteiger partial charge in [-0.05, 0) is 76.9 Å². The molecule has 0 aliphatic heterocycles. The summed E-state index contributed by atoms with van der Waals surface area (Å²) in [4.78, 5) is 18.0. The molecule has 11 aromatic rings. The first-order valence-electron chi connectivity index (χ1n) is 18.9. The molecule has 0 spiro atoms. The Bertz CT molecular complexity index is 3230. The van der Waals surface area contributed by atoms with Crippen LogP contribution >= 0.6 is 22.7 Å². The number of thiophene rings is 2. The Balaban J connectivity index is 1.12. The lowest BCUT2D eigenvalue weighted by Gasteiger charge is -2.24. The number of benzene rings is 8. The zero-order valence-corrected chi connectivity index (χ0v) is 32.2. The molecule has 0 radical (unpaired) electrons. The average molecular weight is 765 g/mol. The van der Waals surface area contributed by atoms with Gasteiger partial charge in [-0.25, -0.2) is 4.98 Å². The van der Waals surface area contributed by atoms with E-state index in [9.17, 15) is 0 Å². The number of fused-ring (bicyclic) bond motifs is 6. The summed E-state index contributed by atoms with van der Waals surface area (Å²) in [6.07, 6.45) is 0. The van der Waals surface area contributed by atoms with Crippen molar-refractivity contribution in [3.63, 3.8) is 0 Å². The molecule has 57 heavy (non-hydrogen) atoms. The number of rotatable bonds is 7. The lowest BCUT2D eigenvalue weighted by atomic mass is 10.0. The van der Waals surface area contributed by atoms with Crippen molar-refractivity contribution in [2.45, 2.75) is 0 Å². The minimum absolute atomic E-state index is 0.547. The summed E-state index contributed by atoms with van der Waals surface area (Å²) in [6, 6.07) is 68.6. The van der Waals surface area contributed by atoms with Crippen LogP contribution in [-0.2, 0) is 0 Å². The minimum Gasteiger partial charge on any atom is -0.279 e. The molecule has 0 saturated carbocycles. The third-order valence-corrected chi connectivity index (χ3v) is 12.8. The van der Waals surface area contributed by atoms with Gasteiger partial charge in [0.2, 0.25) is 5.95 Å². The van der Waals surface area contributed by atoms with Crippen LogP contribution in [-0.4, -0.2) is 15.0 Å². The molecular weight excluding hydrogens is 733 g/mol. The maximum atomic E-state index is 5.33. The summed E-state index contributed by atoms with van der Waals surface area (Å²) in [5, 5.41) is 4.95. The van der Waals surface area contributed by atoms with Gasteiger partial charge in [0.15, 0.2) is 11.6 Å². The van der Waals surface area contributed by atoms with Gasteiger partial charge in [-0.2, -0.15) is 9.97 Å². The fraction of sp³-hybridized carbons (Fsp3) is 0. The van der Waals surface area contributed by atoms with Crippen LogP contribution in [0.3, 0.4) is 0 Å². The Labute approximate surface area is 337 Å². The SMILES string of the molecule is c1ccc(-c2ccc(-c3nc(-c4ccc5sc6ccccc6c5c4)nc(N(c4ccc(-c5ccccc5)cc4)c4ccc5c(c4)sc4ccccc45)n3)cc2)cc1. The van der Waals surface area contributed by atoms with Gasteiger partial charge >= 0.3 is 0 Å². The lowest BCUT2D eigenvalue weighted by molar-refractivity contribution is 1.02. The molecule has 0 unspecified atom stereocenters. The highest BCUT2D eigenvalue weighted by atomic mass is 32.1. The zero-order valence-electron chi connectivity index (χ0n) is 30.6. The fourth-order valence-corrected chi connectivity index (χ4v) is 9.92. The van der Waals surface area contributed by atoms with Crippen LogP contribution in [0.25, 0.3) is 85.4 Å². The second kappa shape index (κ2) is 13.9. The Morgan fingerprint density at radius 1 is 0.298 bits per heavy atom. The van der Waals surface area contributed by atoms with Gasteiger partial charge in [-0.1, -0.05) is 140 Å². The standard InChI is InChI=1S/C51H32N4S2/c1-3-11-33(12-4-1)35-19-21-37(22-20-35)49-52-50(38-25-30-47-44(31-38)42-16-8-10-18-46(42)56-47)54-51(53-49)55(39-26-23-36(24-27-39)34-13-5-2-6-14-34)40-28-29-43-41-15-7-9-17-45(41)57-48(43)32-40/h1-32H. The largest absolute Gasteiger partial charge is 0.279 e. The summed E-state index contributed by atoms with van der Waals surface area (Å²) in [7, 11) is 0. The minimum atomic E-state index is 0.547. The molecule has 0 atom stereocenters. The number of hydrogen-bond acceptors (Lipinski definition) is 6. The third kappa shape index (κ3) is 6.12. The van der Waals surface area contributed by atoms with E-state index in [2.05, 4.69) is 187 Å². The van der Waals surface area contributed by atoms with E-state index in [0.717, 1.165) is 33.6 Å². The molecule has 3 aromatic heterocycles. The molecule has 0 fully saturated rings. The van der Waals surface area contributed by atoms with Crippen molar-refractivity contribution in [2.75, 3.05) is 4.90 Å². The Hall–Kier alpha value is -6.99. The van der Waals surface area contributed by atoms with E-state index < -0.39 is 0 Å². The maximum absolute atomic E-state index is 5.33. The molecule has 0 bridgehead atoms. The molecule has 268 valence electrons. The molecule has 8 aromatic carbocycles. The predicted octanol–water partition coefficient (Wildman–Crippen LogP) is 14.7. The van der Waals surface area contributed by atoms with Crippen LogP contribution in [0.5, 0.6) is 0 Å². The van der Waals surface area contributed by atoms with E-state index in [1.165, 1.54) is 51.5 Å². The molecular formula is C51H32N4S2. The predicted molar refractivity (Wildman–Crippen MR) is 242 cm³/mol. The van der Waals surface area contributed by atoms with Gasteiger partial charge in [0.25, 0.3) is 0 Å². The van der Waals surface area contributed by atoms with Crippen molar-refractivity contribution in [2.24, 2.45) is 0 Å². The summed E-state index contributed by atoms with van der Waals surface area (Å²) < 4.78 is 4.98.